The van der Waals surface area contributed by atoms with Crippen LogP contribution in [0, 0.1) is 6.92 Å². The average Bonchev–Trinajstić information content (AvgIpc) is 3.14. The van der Waals surface area contributed by atoms with Crippen molar-refractivity contribution in [3.05, 3.63) is 94.8 Å². The Kier molecular flexibility index (Phi) is 7.38. The molecule has 1 unspecified atom stereocenters. The fourth-order valence-corrected chi connectivity index (χ4v) is 4.35. The molecule has 1 aromatic heterocycles. The van der Waals surface area contributed by atoms with Crippen LogP contribution in [-0.2, 0) is 25.5 Å². The van der Waals surface area contributed by atoms with Crippen LogP contribution in [0.3, 0.4) is 0 Å². The number of methoxy groups -OCH3 is 1. The normalized spacial score (nSPS) is 16.8. The smallest absolute Gasteiger partial charge is 0.310 e. The summed E-state index contributed by atoms with van der Waals surface area (Å²) in [5, 5.41) is 11.4. The summed E-state index contributed by atoms with van der Waals surface area (Å²) in [6, 6.07) is 14.5. The van der Waals surface area contributed by atoms with Crippen LogP contribution in [0.25, 0.3) is 5.76 Å². The van der Waals surface area contributed by atoms with Gasteiger partial charge in [0.2, 0.25) is 0 Å². The molecule has 4 rings (SSSR count). The molecule has 1 fully saturated rings. The standard InChI is InChI=1S/C29H28N2O6/c1-17(2)37-24(32)15-19-8-10-21(11-9-19)31-26(20-6-5-13-30-16-20)25(28(34)29(31)35)27(33)22-14-18(3)7-12-23(22)36-4/h5-14,16-17,26,33H,15H2,1-4H3/b27-25+. The number of hydrogen-bond donors (Lipinski definition) is 1. The molecule has 0 bridgehead atoms. The first-order valence-electron chi connectivity index (χ1n) is 11.9. The highest BCUT2D eigenvalue weighted by atomic mass is 16.5. The molecule has 0 saturated carbocycles. The maximum atomic E-state index is 13.4. The van der Waals surface area contributed by atoms with Crippen LogP contribution < -0.4 is 9.64 Å². The number of ketones is 1. The lowest BCUT2D eigenvalue weighted by Gasteiger charge is -2.25. The number of Topliss-reactive ketones (excluding diaryl/α,β-unsaturated/α-hetero) is 1. The highest BCUT2D eigenvalue weighted by Gasteiger charge is 2.47. The summed E-state index contributed by atoms with van der Waals surface area (Å²) in [6.45, 7) is 5.41. The summed E-state index contributed by atoms with van der Waals surface area (Å²) >= 11 is 0. The van der Waals surface area contributed by atoms with Gasteiger partial charge < -0.3 is 14.6 Å². The van der Waals surface area contributed by atoms with Crippen LogP contribution in [0.5, 0.6) is 5.75 Å². The third-order valence-corrected chi connectivity index (χ3v) is 5.98. The Morgan fingerprint density at radius 2 is 1.84 bits per heavy atom. The number of aromatic nitrogens is 1. The lowest BCUT2D eigenvalue weighted by Crippen LogP contribution is -2.29. The quantitative estimate of drug-likeness (QED) is 0.220. The Labute approximate surface area is 215 Å². The molecule has 1 atom stereocenters. The lowest BCUT2D eigenvalue weighted by molar-refractivity contribution is -0.146. The number of esters is 1. The number of rotatable bonds is 7. The zero-order chi connectivity index (χ0) is 26.7. The van der Waals surface area contributed by atoms with Gasteiger partial charge in [-0.1, -0.05) is 29.8 Å². The first-order chi connectivity index (χ1) is 17.7. The Morgan fingerprint density at radius 1 is 1.11 bits per heavy atom. The van der Waals surface area contributed by atoms with Gasteiger partial charge in [-0.3, -0.25) is 24.3 Å². The van der Waals surface area contributed by atoms with Crippen molar-refractivity contribution in [3.63, 3.8) is 0 Å². The third kappa shape index (κ3) is 5.23. The molecule has 3 aromatic rings. The Bertz CT molecular complexity index is 1360. The van der Waals surface area contributed by atoms with Crippen molar-refractivity contribution in [1.82, 2.24) is 4.98 Å². The topological polar surface area (TPSA) is 106 Å². The monoisotopic (exact) mass is 500 g/mol. The predicted octanol–water partition coefficient (Wildman–Crippen LogP) is 4.52. The van der Waals surface area contributed by atoms with E-state index in [4.69, 9.17) is 9.47 Å². The van der Waals surface area contributed by atoms with Crippen molar-refractivity contribution in [3.8, 4) is 5.75 Å². The van der Waals surface area contributed by atoms with Crippen LogP contribution in [0.4, 0.5) is 5.69 Å². The lowest BCUT2D eigenvalue weighted by atomic mass is 9.95. The molecular formula is C29H28N2O6. The highest BCUT2D eigenvalue weighted by Crippen LogP contribution is 2.43. The van der Waals surface area contributed by atoms with Crippen molar-refractivity contribution >= 4 is 29.1 Å². The molecule has 1 aliphatic rings. The van der Waals surface area contributed by atoms with Gasteiger partial charge in [-0.25, -0.2) is 0 Å². The fourth-order valence-electron chi connectivity index (χ4n) is 4.35. The summed E-state index contributed by atoms with van der Waals surface area (Å²) in [6.07, 6.45) is 3.01. The summed E-state index contributed by atoms with van der Waals surface area (Å²) in [5.74, 6) is -1.92. The molecule has 0 aliphatic carbocycles. The number of ether oxygens (including phenoxy) is 2. The number of aryl methyl sites for hydroxylation is 1. The van der Waals surface area contributed by atoms with E-state index < -0.39 is 17.7 Å². The van der Waals surface area contributed by atoms with E-state index in [-0.39, 0.29) is 29.8 Å². The van der Waals surface area contributed by atoms with Gasteiger partial charge >= 0.3 is 5.97 Å². The van der Waals surface area contributed by atoms with Gasteiger partial charge in [0.25, 0.3) is 11.7 Å². The number of carbonyl (C=O) groups is 3. The molecule has 2 heterocycles. The molecular weight excluding hydrogens is 472 g/mol. The maximum Gasteiger partial charge on any atom is 0.310 e. The summed E-state index contributed by atoms with van der Waals surface area (Å²) in [4.78, 5) is 44.2. The minimum Gasteiger partial charge on any atom is -0.507 e. The number of nitrogens with zero attached hydrogens (tertiary/aromatic N) is 2. The molecule has 0 spiro atoms. The molecule has 1 saturated heterocycles. The van der Waals surface area contributed by atoms with Gasteiger partial charge in [0.1, 0.15) is 11.5 Å². The molecule has 1 aliphatic heterocycles. The van der Waals surface area contributed by atoms with E-state index in [2.05, 4.69) is 4.98 Å². The number of aliphatic hydroxyl groups is 1. The number of pyridine rings is 1. The molecule has 1 N–H and O–H groups in total. The number of anilines is 1. The number of hydrogen-bond acceptors (Lipinski definition) is 7. The Morgan fingerprint density at radius 3 is 2.46 bits per heavy atom. The zero-order valence-corrected chi connectivity index (χ0v) is 21.1. The summed E-state index contributed by atoms with van der Waals surface area (Å²) in [7, 11) is 1.47. The van der Waals surface area contributed by atoms with Gasteiger partial charge in [-0.2, -0.15) is 0 Å². The van der Waals surface area contributed by atoms with Crippen molar-refractivity contribution in [2.45, 2.75) is 39.3 Å². The number of amides is 1. The van der Waals surface area contributed by atoms with E-state index in [1.54, 1.807) is 74.8 Å². The van der Waals surface area contributed by atoms with Gasteiger partial charge in [0, 0.05) is 18.1 Å². The van der Waals surface area contributed by atoms with E-state index in [1.807, 2.05) is 13.0 Å². The average molecular weight is 501 g/mol. The van der Waals surface area contributed by atoms with Crippen LogP contribution in [0.15, 0.2) is 72.6 Å². The van der Waals surface area contributed by atoms with Crippen LogP contribution in [0.2, 0.25) is 0 Å². The molecule has 37 heavy (non-hydrogen) atoms. The van der Waals surface area contributed by atoms with Crippen molar-refractivity contribution < 1.29 is 29.0 Å². The van der Waals surface area contributed by atoms with Gasteiger partial charge in [0.15, 0.2) is 0 Å². The Balaban J connectivity index is 1.81. The minimum atomic E-state index is -0.921. The molecule has 0 radical (unpaired) electrons. The second-order valence-corrected chi connectivity index (χ2v) is 9.04. The van der Waals surface area contributed by atoms with Gasteiger partial charge in [0.05, 0.1) is 36.8 Å². The van der Waals surface area contributed by atoms with Crippen LogP contribution in [0.1, 0.15) is 42.1 Å². The number of benzene rings is 2. The second kappa shape index (κ2) is 10.7. The largest absolute Gasteiger partial charge is 0.507 e. The van der Waals surface area contributed by atoms with Crippen molar-refractivity contribution in [2.75, 3.05) is 12.0 Å². The van der Waals surface area contributed by atoms with E-state index >= 15 is 0 Å². The van der Waals surface area contributed by atoms with Crippen LogP contribution >= 0.6 is 0 Å². The fraction of sp³-hybridized carbons (Fsp3) is 0.241. The molecule has 8 heteroatoms. The van der Waals surface area contributed by atoms with E-state index in [0.717, 1.165) is 5.56 Å². The van der Waals surface area contributed by atoms with Crippen LogP contribution in [-0.4, -0.2) is 41.0 Å². The minimum absolute atomic E-state index is 0.0634. The summed E-state index contributed by atoms with van der Waals surface area (Å²) < 4.78 is 10.6. The number of carbonyl (C=O) groups excluding carboxylic acids is 3. The predicted molar refractivity (Wildman–Crippen MR) is 138 cm³/mol. The van der Waals surface area contributed by atoms with E-state index in [9.17, 15) is 19.5 Å². The molecule has 1 amide bonds. The number of aliphatic hydroxyl groups excluding tert-OH is 1. The maximum absolute atomic E-state index is 13.4. The third-order valence-electron chi connectivity index (χ3n) is 5.98. The highest BCUT2D eigenvalue weighted by molar-refractivity contribution is 6.51. The molecule has 190 valence electrons. The van der Waals surface area contributed by atoms with E-state index in [0.29, 0.717) is 28.1 Å². The first-order valence-corrected chi connectivity index (χ1v) is 11.9. The second-order valence-electron chi connectivity index (χ2n) is 9.04. The van der Waals surface area contributed by atoms with Gasteiger partial charge in [-0.15, -0.1) is 0 Å². The summed E-state index contributed by atoms with van der Waals surface area (Å²) in [5.41, 5.74) is 2.79. The zero-order valence-electron chi connectivity index (χ0n) is 21.1. The van der Waals surface area contributed by atoms with Crippen molar-refractivity contribution in [2.24, 2.45) is 0 Å². The SMILES string of the molecule is COc1ccc(C)cc1/C(O)=C1\C(=O)C(=O)N(c2ccc(CC(=O)OC(C)C)cc2)C1c1cccnc1. The first kappa shape index (κ1) is 25.6. The Hall–Kier alpha value is -4.46. The molecule has 8 nitrogen and oxygen atoms in total. The van der Waals surface area contributed by atoms with Crippen molar-refractivity contribution in [1.29, 1.82) is 0 Å². The van der Waals surface area contributed by atoms with Gasteiger partial charge in [-0.05, 0) is 62.2 Å². The van der Waals surface area contributed by atoms with E-state index in [1.165, 1.54) is 12.0 Å². The molecule has 2 aromatic carbocycles.